The van der Waals surface area contributed by atoms with Crippen LogP contribution in [0.2, 0.25) is 10.2 Å². The summed E-state index contributed by atoms with van der Waals surface area (Å²) in [6.07, 6.45) is -4.92. The first-order chi connectivity index (χ1) is 9.56. The molecular formula is C11H8Cl2F3N3O2. The number of hydrogen-bond acceptors (Lipinski definition) is 3. The monoisotopic (exact) mass is 341 g/mol. The molecule has 2 rings (SSSR count). The molecule has 1 aliphatic heterocycles. The van der Waals surface area contributed by atoms with Gasteiger partial charge in [0, 0.05) is 0 Å². The van der Waals surface area contributed by atoms with Crippen LogP contribution in [0.1, 0.15) is 12.6 Å². The van der Waals surface area contributed by atoms with Gasteiger partial charge in [-0.3, -0.25) is 9.69 Å². The topological polar surface area (TPSA) is 62.3 Å². The zero-order valence-electron chi connectivity index (χ0n) is 10.5. The first-order valence-electron chi connectivity index (χ1n) is 5.58. The van der Waals surface area contributed by atoms with Crippen molar-refractivity contribution in [3.8, 4) is 0 Å². The number of aromatic nitrogens is 1. The Kier molecular flexibility index (Phi) is 3.79. The molecule has 1 aromatic heterocycles. The molecule has 1 aliphatic rings. The van der Waals surface area contributed by atoms with Gasteiger partial charge in [0.15, 0.2) is 0 Å². The number of halogens is 5. The van der Waals surface area contributed by atoms with Gasteiger partial charge in [-0.05, 0) is 19.1 Å². The molecule has 1 saturated heterocycles. The molecule has 0 spiro atoms. The van der Waals surface area contributed by atoms with E-state index in [0.29, 0.717) is 11.8 Å². The Morgan fingerprint density at radius 1 is 1.33 bits per heavy atom. The maximum atomic E-state index is 12.9. The van der Waals surface area contributed by atoms with E-state index in [1.807, 2.05) is 0 Å². The van der Waals surface area contributed by atoms with Gasteiger partial charge in [-0.1, -0.05) is 23.2 Å². The van der Waals surface area contributed by atoms with E-state index >= 15 is 0 Å². The fourth-order valence-electron chi connectivity index (χ4n) is 1.75. The maximum Gasteiger partial charge on any atom is 0.420 e. The van der Waals surface area contributed by atoms with Gasteiger partial charge in [0.2, 0.25) is 5.54 Å². The highest BCUT2D eigenvalue weighted by atomic mass is 35.5. The third kappa shape index (κ3) is 2.65. The number of alkyl halides is 3. The number of pyridine rings is 1. The average Bonchev–Trinajstić information content (AvgIpc) is 2.58. The normalized spacial score (nSPS) is 22.7. The van der Waals surface area contributed by atoms with E-state index in [4.69, 9.17) is 23.2 Å². The number of nitrogens with zero attached hydrogens (tertiary/aromatic N) is 2. The van der Waals surface area contributed by atoms with Crippen molar-refractivity contribution in [2.75, 3.05) is 0 Å². The minimum atomic E-state index is -4.92. The molecule has 0 saturated carbocycles. The van der Waals surface area contributed by atoms with Crippen molar-refractivity contribution in [3.63, 3.8) is 0 Å². The van der Waals surface area contributed by atoms with Crippen LogP contribution in [0.25, 0.3) is 0 Å². The number of hydrogen-bond donors (Lipinski definition) is 1. The molecular weight excluding hydrogens is 334 g/mol. The number of nitrogens with one attached hydrogen (secondary N) is 1. The summed E-state index contributed by atoms with van der Waals surface area (Å²) in [4.78, 5) is 27.7. The van der Waals surface area contributed by atoms with Crippen LogP contribution in [0.5, 0.6) is 0 Å². The molecule has 0 aromatic carbocycles. The van der Waals surface area contributed by atoms with Crippen molar-refractivity contribution in [2.45, 2.75) is 25.2 Å². The van der Waals surface area contributed by atoms with Crippen molar-refractivity contribution in [3.05, 3.63) is 28.0 Å². The second-order valence-corrected chi connectivity index (χ2v) is 5.30. The molecule has 1 unspecified atom stereocenters. The first-order valence-corrected chi connectivity index (χ1v) is 6.33. The SMILES string of the molecule is CC1(C(F)(F)F)NC(=O)N(Cc2nc(Cl)ccc2Cl)C1=O. The summed E-state index contributed by atoms with van der Waals surface area (Å²) < 4.78 is 38.7. The number of carbonyl (C=O) groups is 2. The molecule has 5 nitrogen and oxygen atoms in total. The van der Waals surface area contributed by atoms with Crippen LogP contribution in [0.3, 0.4) is 0 Å². The van der Waals surface area contributed by atoms with E-state index in [1.165, 1.54) is 12.1 Å². The molecule has 1 atom stereocenters. The number of rotatable bonds is 2. The van der Waals surface area contributed by atoms with E-state index in [2.05, 4.69) is 4.98 Å². The van der Waals surface area contributed by atoms with Crippen LogP contribution < -0.4 is 5.32 Å². The summed E-state index contributed by atoms with van der Waals surface area (Å²) in [5, 5.41) is 1.76. The van der Waals surface area contributed by atoms with Gasteiger partial charge >= 0.3 is 12.2 Å². The Morgan fingerprint density at radius 3 is 2.48 bits per heavy atom. The molecule has 2 heterocycles. The van der Waals surface area contributed by atoms with E-state index < -0.39 is 30.2 Å². The molecule has 1 N–H and O–H groups in total. The second kappa shape index (κ2) is 5.03. The average molecular weight is 342 g/mol. The lowest BCUT2D eigenvalue weighted by Gasteiger charge is -2.24. The molecule has 21 heavy (non-hydrogen) atoms. The predicted octanol–water partition coefficient (Wildman–Crippen LogP) is 2.76. The number of urea groups is 1. The second-order valence-electron chi connectivity index (χ2n) is 4.51. The molecule has 1 fully saturated rings. The third-order valence-electron chi connectivity index (χ3n) is 3.03. The van der Waals surface area contributed by atoms with E-state index in [9.17, 15) is 22.8 Å². The highest BCUT2D eigenvalue weighted by Gasteiger charge is 2.64. The van der Waals surface area contributed by atoms with Crippen molar-refractivity contribution < 1.29 is 22.8 Å². The molecule has 0 bridgehead atoms. The van der Waals surface area contributed by atoms with Gasteiger partial charge in [-0.15, -0.1) is 0 Å². The Hall–Kier alpha value is -1.54. The Bertz CT molecular complexity index is 623. The fraction of sp³-hybridized carbons (Fsp3) is 0.364. The van der Waals surface area contributed by atoms with Crippen LogP contribution in [-0.4, -0.2) is 33.5 Å². The van der Waals surface area contributed by atoms with E-state index in [0.717, 1.165) is 0 Å². The minimum Gasteiger partial charge on any atom is -0.316 e. The van der Waals surface area contributed by atoms with Crippen LogP contribution in [0.4, 0.5) is 18.0 Å². The number of carbonyl (C=O) groups excluding carboxylic acids is 2. The van der Waals surface area contributed by atoms with Gasteiger partial charge in [0.05, 0.1) is 17.3 Å². The summed E-state index contributed by atoms with van der Waals surface area (Å²) in [7, 11) is 0. The zero-order valence-corrected chi connectivity index (χ0v) is 12.0. The summed E-state index contributed by atoms with van der Waals surface area (Å²) in [6.45, 7) is 0.0932. The van der Waals surface area contributed by atoms with Gasteiger partial charge in [0.1, 0.15) is 5.15 Å². The predicted molar refractivity (Wildman–Crippen MR) is 67.8 cm³/mol. The van der Waals surface area contributed by atoms with Crippen molar-refractivity contribution in [1.82, 2.24) is 15.2 Å². The third-order valence-corrected chi connectivity index (χ3v) is 3.59. The van der Waals surface area contributed by atoms with Gasteiger partial charge in [-0.2, -0.15) is 13.2 Å². The summed E-state index contributed by atoms with van der Waals surface area (Å²) in [5.41, 5.74) is -2.94. The standard InChI is InChI=1S/C11H8Cl2F3N3O2/c1-10(11(14,15)16)8(20)19(9(21)18-10)4-6-5(12)2-3-7(13)17-6/h2-3H,4H2,1H3,(H,18,21). The van der Waals surface area contributed by atoms with Crippen molar-refractivity contribution in [2.24, 2.45) is 0 Å². The lowest BCUT2D eigenvalue weighted by Crippen LogP contribution is -2.56. The molecule has 3 amide bonds. The Morgan fingerprint density at radius 2 is 1.95 bits per heavy atom. The lowest BCUT2D eigenvalue weighted by molar-refractivity contribution is -0.191. The van der Waals surface area contributed by atoms with Crippen LogP contribution in [0.15, 0.2) is 12.1 Å². The zero-order chi connectivity index (χ0) is 16.0. The number of imide groups is 1. The van der Waals surface area contributed by atoms with Crippen LogP contribution in [-0.2, 0) is 11.3 Å². The van der Waals surface area contributed by atoms with E-state index in [1.54, 1.807) is 5.32 Å². The van der Waals surface area contributed by atoms with Gasteiger partial charge in [0.25, 0.3) is 5.91 Å². The number of amides is 3. The molecule has 1 aromatic rings. The summed E-state index contributed by atoms with van der Waals surface area (Å²) >= 11 is 11.5. The van der Waals surface area contributed by atoms with Crippen molar-refractivity contribution >= 4 is 35.1 Å². The highest BCUT2D eigenvalue weighted by molar-refractivity contribution is 6.32. The van der Waals surface area contributed by atoms with Gasteiger partial charge < -0.3 is 5.32 Å². The quantitative estimate of drug-likeness (QED) is 0.664. The van der Waals surface area contributed by atoms with Crippen LogP contribution >= 0.6 is 23.2 Å². The Labute approximate surface area is 127 Å². The largest absolute Gasteiger partial charge is 0.420 e. The van der Waals surface area contributed by atoms with Crippen molar-refractivity contribution in [1.29, 1.82) is 0 Å². The fourth-order valence-corrected chi connectivity index (χ4v) is 2.08. The van der Waals surface area contributed by atoms with Crippen LogP contribution in [0, 0.1) is 0 Å². The van der Waals surface area contributed by atoms with Gasteiger partial charge in [-0.25, -0.2) is 9.78 Å². The smallest absolute Gasteiger partial charge is 0.316 e. The minimum absolute atomic E-state index is 0.0269. The summed E-state index contributed by atoms with van der Waals surface area (Å²) in [6, 6.07) is 1.57. The molecule has 10 heteroatoms. The Balaban J connectivity index is 2.32. The molecule has 0 radical (unpaired) electrons. The molecule has 0 aliphatic carbocycles. The molecule has 114 valence electrons. The summed E-state index contributed by atoms with van der Waals surface area (Å²) in [5.74, 6) is -1.42. The maximum absolute atomic E-state index is 12.9. The highest BCUT2D eigenvalue weighted by Crippen LogP contribution is 2.35. The van der Waals surface area contributed by atoms with E-state index in [-0.39, 0.29) is 15.9 Å². The lowest BCUT2D eigenvalue weighted by atomic mass is 10.0. The first kappa shape index (κ1) is 15.8.